The Balaban J connectivity index is 1.10. The Morgan fingerprint density at radius 2 is 1.74 bits per heavy atom. The molecule has 1 aromatic carbocycles. The lowest BCUT2D eigenvalue weighted by atomic mass is 9.77. The Hall–Kier alpha value is -3.14. The van der Waals surface area contributed by atoms with Crippen LogP contribution in [0.5, 0.6) is 0 Å². The Bertz CT molecular complexity index is 1190. The van der Waals surface area contributed by atoms with Crippen LogP contribution in [0.15, 0.2) is 93.8 Å². The van der Waals surface area contributed by atoms with Crippen LogP contribution in [-0.2, 0) is 0 Å². The average Bonchev–Trinajstić information content (AvgIpc) is 3.16. The van der Waals surface area contributed by atoms with E-state index in [1.807, 2.05) is 30.3 Å². The van der Waals surface area contributed by atoms with Crippen molar-refractivity contribution >= 4 is 17.4 Å². The molecule has 0 aromatic heterocycles. The number of urea groups is 1. The maximum absolute atomic E-state index is 12.5. The predicted octanol–water partition coefficient (Wildman–Crippen LogP) is 9.56. The van der Waals surface area contributed by atoms with Gasteiger partial charge in [0.1, 0.15) is 0 Å². The molecule has 2 amide bonds. The maximum atomic E-state index is 12.5. The first-order valence-electron chi connectivity index (χ1n) is 15.3. The van der Waals surface area contributed by atoms with Crippen molar-refractivity contribution in [3.63, 3.8) is 0 Å². The van der Waals surface area contributed by atoms with E-state index in [2.05, 4.69) is 48.1 Å². The van der Waals surface area contributed by atoms with Gasteiger partial charge in [-0.3, -0.25) is 4.99 Å². The molecule has 39 heavy (non-hydrogen) atoms. The molecule has 3 aliphatic carbocycles. The van der Waals surface area contributed by atoms with Gasteiger partial charge in [-0.15, -0.1) is 0 Å². The van der Waals surface area contributed by atoms with Crippen LogP contribution in [0, 0.1) is 11.8 Å². The predicted molar refractivity (Wildman–Crippen MR) is 164 cm³/mol. The Morgan fingerprint density at radius 1 is 0.923 bits per heavy atom. The number of para-hydroxylation sites is 1. The summed E-state index contributed by atoms with van der Waals surface area (Å²) in [6.45, 7) is 2.31. The first kappa shape index (κ1) is 27.4. The highest BCUT2D eigenvalue weighted by Gasteiger charge is 2.25. The van der Waals surface area contributed by atoms with Gasteiger partial charge in [0.05, 0.1) is 0 Å². The summed E-state index contributed by atoms with van der Waals surface area (Å²) in [6, 6.07) is 9.47. The molecule has 0 saturated heterocycles. The molecule has 2 N–H and O–H groups in total. The average molecular weight is 524 g/mol. The molecule has 5 rings (SSSR count). The highest BCUT2D eigenvalue weighted by Crippen LogP contribution is 2.37. The van der Waals surface area contributed by atoms with Crippen LogP contribution in [0.25, 0.3) is 0 Å². The minimum atomic E-state index is -0.154. The van der Waals surface area contributed by atoms with E-state index in [0.717, 1.165) is 49.4 Å². The van der Waals surface area contributed by atoms with Gasteiger partial charge in [-0.2, -0.15) is 0 Å². The first-order chi connectivity index (χ1) is 19.2. The van der Waals surface area contributed by atoms with Gasteiger partial charge in [0.2, 0.25) is 0 Å². The second-order valence-electron chi connectivity index (χ2n) is 11.8. The first-order valence-corrected chi connectivity index (χ1v) is 15.3. The standard InChI is InChI=1S/C35H45N3O/c1-26-11-10-24-36-34(33-21-6-5-20-32(26)33)25-27-12-7-14-28(15-8-13-27)29-16-9-19-31(23-22-29)38-35(39)37-30-17-3-2-4-18-30/h2-4,10,16-19,21,24,27-28H,5-9,11-15,20,22-23,25H2,1H3,(H2,37,38,39)/b24-10+,32-26?,36-34?. The van der Waals surface area contributed by atoms with Crippen molar-refractivity contribution < 1.29 is 4.79 Å². The van der Waals surface area contributed by atoms with Crippen LogP contribution >= 0.6 is 0 Å². The fraction of sp³-hybridized carbons (Fsp3) is 0.486. The van der Waals surface area contributed by atoms with Crippen molar-refractivity contribution in [3.05, 3.63) is 88.8 Å². The fourth-order valence-electron chi connectivity index (χ4n) is 6.84. The van der Waals surface area contributed by atoms with E-state index in [-0.39, 0.29) is 6.03 Å². The number of benzene rings is 1. The molecule has 0 atom stereocenters. The molecule has 4 aliphatic rings. The third-order valence-electron chi connectivity index (χ3n) is 8.96. The number of nitrogens with zero attached hydrogens (tertiary/aromatic N) is 1. The molecule has 4 heteroatoms. The quantitative estimate of drug-likeness (QED) is 0.371. The van der Waals surface area contributed by atoms with E-state index in [9.17, 15) is 4.79 Å². The van der Waals surface area contributed by atoms with Crippen molar-refractivity contribution in [2.45, 2.75) is 96.8 Å². The van der Waals surface area contributed by atoms with Gasteiger partial charge in [-0.25, -0.2) is 4.79 Å². The maximum Gasteiger partial charge on any atom is 0.323 e. The zero-order chi connectivity index (χ0) is 26.9. The fourth-order valence-corrected chi connectivity index (χ4v) is 6.84. The number of amides is 2. The van der Waals surface area contributed by atoms with Gasteiger partial charge in [-0.05, 0) is 106 Å². The normalized spacial score (nSPS) is 25.2. The second kappa shape index (κ2) is 13.8. The molecule has 0 spiro atoms. The molecule has 0 unspecified atom stereocenters. The van der Waals surface area contributed by atoms with Crippen LogP contribution in [0.3, 0.4) is 0 Å². The minimum Gasteiger partial charge on any atom is -0.312 e. The molecule has 4 nitrogen and oxygen atoms in total. The summed E-state index contributed by atoms with van der Waals surface area (Å²) in [7, 11) is 0. The van der Waals surface area contributed by atoms with Gasteiger partial charge >= 0.3 is 6.03 Å². The van der Waals surface area contributed by atoms with E-state index in [4.69, 9.17) is 4.99 Å². The Labute approximate surface area is 235 Å². The van der Waals surface area contributed by atoms with Crippen molar-refractivity contribution in [1.82, 2.24) is 5.32 Å². The monoisotopic (exact) mass is 523 g/mol. The molecule has 0 bridgehead atoms. The number of anilines is 1. The Morgan fingerprint density at radius 3 is 2.56 bits per heavy atom. The number of carbonyl (C=O) groups is 1. The highest BCUT2D eigenvalue weighted by molar-refractivity contribution is 6.04. The summed E-state index contributed by atoms with van der Waals surface area (Å²) in [5, 5.41) is 6.01. The molecule has 1 saturated carbocycles. The van der Waals surface area contributed by atoms with Crippen molar-refractivity contribution in [2.75, 3.05) is 5.32 Å². The number of allylic oxidation sites excluding steroid dienone is 9. The SMILES string of the molecule is CC1=C2CCCC=C2C(CC2CCCC(C3=CCC=C(NC(=O)Nc4ccccc4)CC3)CCC2)=N/C=C/C1. The topological polar surface area (TPSA) is 53.5 Å². The number of carbonyl (C=O) groups excluding carboxylic acids is 1. The van der Waals surface area contributed by atoms with Crippen molar-refractivity contribution in [2.24, 2.45) is 16.8 Å². The summed E-state index contributed by atoms with van der Waals surface area (Å²) in [5.74, 6) is 1.43. The van der Waals surface area contributed by atoms with Gasteiger partial charge in [0.15, 0.2) is 0 Å². The Kier molecular flexibility index (Phi) is 9.69. The molecule has 206 valence electrons. The molecule has 1 aromatic rings. The lowest BCUT2D eigenvalue weighted by Gasteiger charge is -2.28. The summed E-state index contributed by atoms with van der Waals surface area (Å²) >= 11 is 0. The molecule has 1 heterocycles. The number of rotatable bonds is 5. The number of nitrogens with one attached hydrogen (secondary N) is 2. The van der Waals surface area contributed by atoms with Crippen LogP contribution in [0.4, 0.5) is 10.5 Å². The third-order valence-corrected chi connectivity index (χ3v) is 8.96. The molecular formula is C35H45N3O. The molecule has 1 fully saturated rings. The van der Waals surface area contributed by atoms with Gasteiger partial charge in [0, 0.05) is 23.3 Å². The van der Waals surface area contributed by atoms with E-state index in [1.165, 1.54) is 74.6 Å². The largest absolute Gasteiger partial charge is 0.323 e. The minimum absolute atomic E-state index is 0.154. The molecule has 0 radical (unpaired) electrons. The number of hydrogen-bond acceptors (Lipinski definition) is 2. The van der Waals surface area contributed by atoms with E-state index >= 15 is 0 Å². The number of aliphatic imine (C=N–C) groups is 1. The van der Waals surface area contributed by atoms with Crippen LogP contribution in [-0.4, -0.2) is 11.7 Å². The van der Waals surface area contributed by atoms with Crippen molar-refractivity contribution in [3.8, 4) is 0 Å². The lowest BCUT2D eigenvalue weighted by molar-refractivity contribution is 0.254. The van der Waals surface area contributed by atoms with E-state index < -0.39 is 0 Å². The van der Waals surface area contributed by atoms with Crippen LogP contribution < -0.4 is 10.6 Å². The second-order valence-corrected chi connectivity index (χ2v) is 11.8. The highest BCUT2D eigenvalue weighted by atomic mass is 16.2. The van der Waals surface area contributed by atoms with Gasteiger partial charge in [0.25, 0.3) is 0 Å². The summed E-state index contributed by atoms with van der Waals surface area (Å²) in [4.78, 5) is 17.4. The van der Waals surface area contributed by atoms with Crippen molar-refractivity contribution in [1.29, 1.82) is 0 Å². The van der Waals surface area contributed by atoms with Gasteiger partial charge in [-0.1, -0.05) is 79.3 Å². The lowest BCUT2D eigenvalue weighted by Crippen LogP contribution is -2.28. The summed E-state index contributed by atoms with van der Waals surface area (Å²) < 4.78 is 0. The summed E-state index contributed by atoms with van der Waals surface area (Å²) in [6.07, 6.45) is 27.9. The van der Waals surface area contributed by atoms with E-state index in [0.29, 0.717) is 5.92 Å². The summed E-state index contributed by atoms with van der Waals surface area (Å²) in [5.41, 5.74) is 9.39. The molecular weight excluding hydrogens is 478 g/mol. The number of hydrogen-bond donors (Lipinski definition) is 2. The number of fused-ring (bicyclic) bond motifs is 1. The van der Waals surface area contributed by atoms with Gasteiger partial charge < -0.3 is 10.6 Å². The van der Waals surface area contributed by atoms with Crippen LogP contribution in [0.1, 0.15) is 96.8 Å². The van der Waals surface area contributed by atoms with Crippen LogP contribution in [0.2, 0.25) is 0 Å². The molecule has 1 aliphatic heterocycles. The zero-order valence-corrected chi connectivity index (χ0v) is 23.7. The smallest absolute Gasteiger partial charge is 0.312 e. The van der Waals surface area contributed by atoms with E-state index in [1.54, 1.807) is 11.1 Å². The third kappa shape index (κ3) is 7.71. The zero-order valence-electron chi connectivity index (χ0n) is 23.7.